The first-order chi connectivity index (χ1) is 5.24. The third-order valence-corrected chi connectivity index (χ3v) is 2.17. The minimum absolute atomic E-state index is 0.0194. The van der Waals surface area contributed by atoms with Crippen LogP contribution in [0.5, 0.6) is 0 Å². The van der Waals surface area contributed by atoms with Gasteiger partial charge in [0.2, 0.25) is 0 Å². The molecule has 2 heteroatoms. The van der Waals surface area contributed by atoms with E-state index in [-0.39, 0.29) is 18.0 Å². The van der Waals surface area contributed by atoms with Crippen molar-refractivity contribution in [3.05, 3.63) is 0 Å². The minimum Gasteiger partial charge on any atom is -0.462 e. The molecule has 0 spiro atoms. The minimum atomic E-state index is 0.0194. The maximum Gasteiger partial charge on any atom is 0.309 e. The van der Waals surface area contributed by atoms with Crippen molar-refractivity contribution in [3.63, 3.8) is 0 Å². The van der Waals surface area contributed by atoms with Gasteiger partial charge < -0.3 is 4.74 Å². The predicted octanol–water partition coefficient (Wildman–Crippen LogP) is 2.13. The monoisotopic (exact) mass is 156 g/mol. The predicted molar refractivity (Wildman–Crippen MR) is 43.2 cm³/mol. The molecule has 64 valence electrons. The fourth-order valence-corrected chi connectivity index (χ4v) is 1.53. The highest BCUT2D eigenvalue weighted by molar-refractivity contribution is 5.74. The van der Waals surface area contributed by atoms with Gasteiger partial charge in [0.15, 0.2) is 0 Å². The van der Waals surface area contributed by atoms with E-state index in [0.29, 0.717) is 0 Å². The van der Waals surface area contributed by atoms with Gasteiger partial charge >= 0.3 is 5.97 Å². The van der Waals surface area contributed by atoms with Crippen molar-refractivity contribution >= 4 is 5.97 Å². The SMILES string of the molecule is CCCC[C@H]1C[C@@H](C)OC1=O. The molecule has 0 N–H and O–H groups in total. The topological polar surface area (TPSA) is 26.3 Å². The molecular weight excluding hydrogens is 140 g/mol. The maximum atomic E-state index is 11.1. The third-order valence-electron chi connectivity index (χ3n) is 2.17. The van der Waals surface area contributed by atoms with E-state index in [4.69, 9.17) is 4.74 Å². The van der Waals surface area contributed by atoms with Crippen LogP contribution in [0.1, 0.15) is 39.5 Å². The van der Waals surface area contributed by atoms with E-state index in [9.17, 15) is 4.79 Å². The van der Waals surface area contributed by atoms with Gasteiger partial charge in [-0.25, -0.2) is 0 Å². The Hall–Kier alpha value is -0.530. The molecule has 0 aromatic heterocycles. The summed E-state index contributed by atoms with van der Waals surface area (Å²) in [4.78, 5) is 11.1. The van der Waals surface area contributed by atoms with Crippen LogP contribution in [0.2, 0.25) is 0 Å². The molecule has 0 radical (unpaired) electrons. The highest BCUT2D eigenvalue weighted by Crippen LogP contribution is 2.25. The van der Waals surface area contributed by atoms with Crippen LogP contribution in [0.3, 0.4) is 0 Å². The van der Waals surface area contributed by atoms with Gasteiger partial charge in [0.1, 0.15) is 0 Å². The van der Waals surface area contributed by atoms with Gasteiger partial charge in [-0.1, -0.05) is 19.8 Å². The molecule has 1 saturated heterocycles. The van der Waals surface area contributed by atoms with Crippen LogP contribution in [0, 0.1) is 5.92 Å². The first-order valence-electron chi connectivity index (χ1n) is 4.44. The second kappa shape index (κ2) is 3.74. The molecule has 0 saturated carbocycles. The number of carbonyl (C=O) groups is 1. The van der Waals surface area contributed by atoms with Gasteiger partial charge in [-0.3, -0.25) is 4.79 Å². The molecule has 1 aliphatic rings. The average molecular weight is 156 g/mol. The molecule has 0 aromatic carbocycles. The normalized spacial score (nSPS) is 30.5. The van der Waals surface area contributed by atoms with E-state index < -0.39 is 0 Å². The molecule has 0 unspecified atom stereocenters. The molecular formula is C9H16O2. The molecule has 11 heavy (non-hydrogen) atoms. The number of cyclic esters (lactones) is 1. The first-order valence-corrected chi connectivity index (χ1v) is 4.44. The second-order valence-electron chi connectivity index (χ2n) is 3.32. The highest BCUT2D eigenvalue weighted by Gasteiger charge is 2.30. The van der Waals surface area contributed by atoms with E-state index in [0.717, 1.165) is 25.7 Å². The summed E-state index contributed by atoms with van der Waals surface area (Å²) in [6, 6.07) is 0. The summed E-state index contributed by atoms with van der Waals surface area (Å²) >= 11 is 0. The van der Waals surface area contributed by atoms with Gasteiger partial charge in [0, 0.05) is 0 Å². The zero-order chi connectivity index (χ0) is 8.27. The molecule has 1 heterocycles. The van der Waals surface area contributed by atoms with Gasteiger partial charge in [-0.2, -0.15) is 0 Å². The van der Waals surface area contributed by atoms with Crippen LogP contribution in [0.4, 0.5) is 0 Å². The Bertz CT molecular complexity index is 142. The van der Waals surface area contributed by atoms with Gasteiger partial charge in [-0.05, 0) is 19.8 Å². The molecule has 0 amide bonds. The van der Waals surface area contributed by atoms with Gasteiger partial charge in [-0.15, -0.1) is 0 Å². The van der Waals surface area contributed by atoms with Crippen molar-refractivity contribution < 1.29 is 9.53 Å². The van der Waals surface area contributed by atoms with Crippen molar-refractivity contribution in [1.29, 1.82) is 0 Å². The Labute approximate surface area is 67.9 Å². The summed E-state index contributed by atoms with van der Waals surface area (Å²) in [5.41, 5.74) is 0. The number of hydrogen-bond donors (Lipinski definition) is 0. The van der Waals surface area contributed by atoms with Crippen molar-refractivity contribution in [3.8, 4) is 0 Å². The number of ether oxygens (including phenoxy) is 1. The Kier molecular flexibility index (Phi) is 2.92. The summed E-state index contributed by atoms with van der Waals surface area (Å²) in [5, 5.41) is 0. The Morgan fingerprint density at radius 2 is 2.36 bits per heavy atom. The molecule has 2 atom stereocenters. The number of unbranched alkanes of at least 4 members (excludes halogenated alkanes) is 1. The summed E-state index contributed by atoms with van der Waals surface area (Å²) in [6.45, 7) is 4.10. The van der Waals surface area contributed by atoms with Gasteiger partial charge in [0.05, 0.1) is 12.0 Å². The summed E-state index contributed by atoms with van der Waals surface area (Å²) < 4.78 is 5.03. The lowest BCUT2D eigenvalue weighted by Crippen LogP contribution is -2.06. The lowest BCUT2D eigenvalue weighted by molar-refractivity contribution is -0.143. The van der Waals surface area contributed by atoms with E-state index in [1.165, 1.54) is 0 Å². The van der Waals surface area contributed by atoms with Crippen LogP contribution in [0.25, 0.3) is 0 Å². The second-order valence-corrected chi connectivity index (χ2v) is 3.32. The van der Waals surface area contributed by atoms with Crippen molar-refractivity contribution in [1.82, 2.24) is 0 Å². The number of carbonyl (C=O) groups excluding carboxylic acids is 1. The van der Waals surface area contributed by atoms with Crippen LogP contribution in [-0.2, 0) is 9.53 Å². The van der Waals surface area contributed by atoms with Crippen molar-refractivity contribution in [2.75, 3.05) is 0 Å². The zero-order valence-corrected chi connectivity index (χ0v) is 7.30. The number of hydrogen-bond acceptors (Lipinski definition) is 2. The quantitative estimate of drug-likeness (QED) is 0.585. The Morgan fingerprint density at radius 1 is 1.64 bits per heavy atom. The van der Waals surface area contributed by atoms with E-state index in [2.05, 4.69) is 6.92 Å². The van der Waals surface area contributed by atoms with Gasteiger partial charge in [0.25, 0.3) is 0 Å². The summed E-state index contributed by atoms with van der Waals surface area (Å²) in [5.74, 6) is 0.218. The Balaban J connectivity index is 2.29. The van der Waals surface area contributed by atoms with E-state index in [1.807, 2.05) is 6.92 Å². The fraction of sp³-hybridized carbons (Fsp3) is 0.889. The smallest absolute Gasteiger partial charge is 0.309 e. The number of esters is 1. The van der Waals surface area contributed by atoms with E-state index in [1.54, 1.807) is 0 Å². The highest BCUT2D eigenvalue weighted by atomic mass is 16.5. The molecule has 0 bridgehead atoms. The molecule has 0 aliphatic carbocycles. The van der Waals surface area contributed by atoms with Crippen molar-refractivity contribution in [2.45, 2.75) is 45.6 Å². The maximum absolute atomic E-state index is 11.1. The van der Waals surface area contributed by atoms with Crippen LogP contribution in [-0.4, -0.2) is 12.1 Å². The van der Waals surface area contributed by atoms with Crippen LogP contribution < -0.4 is 0 Å². The molecule has 1 rings (SSSR count). The summed E-state index contributed by atoms with van der Waals surface area (Å²) in [7, 11) is 0. The van der Waals surface area contributed by atoms with Crippen LogP contribution in [0.15, 0.2) is 0 Å². The third kappa shape index (κ3) is 2.21. The molecule has 2 nitrogen and oxygen atoms in total. The van der Waals surface area contributed by atoms with E-state index >= 15 is 0 Å². The largest absolute Gasteiger partial charge is 0.462 e. The molecule has 1 fully saturated rings. The van der Waals surface area contributed by atoms with Crippen LogP contribution >= 0.6 is 0 Å². The summed E-state index contributed by atoms with van der Waals surface area (Å²) in [6.07, 6.45) is 4.41. The first kappa shape index (κ1) is 8.57. The standard InChI is InChI=1S/C9H16O2/c1-3-4-5-8-6-7(2)11-9(8)10/h7-8H,3-6H2,1-2H3/t7-,8+/m1/s1. The zero-order valence-electron chi connectivity index (χ0n) is 7.30. The fourth-order valence-electron chi connectivity index (χ4n) is 1.53. The number of rotatable bonds is 3. The van der Waals surface area contributed by atoms with Crippen molar-refractivity contribution in [2.24, 2.45) is 5.92 Å². The lowest BCUT2D eigenvalue weighted by atomic mass is 9.99. The average Bonchev–Trinajstić information content (AvgIpc) is 2.26. The lowest BCUT2D eigenvalue weighted by Gasteiger charge is -2.01. The molecule has 1 aliphatic heterocycles. The molecule has 0 aromatic rings. The Morgan fingerprint density at radius 3 is 2.82 bits per heavy atom.